The first-order valence-electron chi connectivity index (χ1n) is 10.8. The van der Waals surface area contributed by atoms with Crippen LogP contribution in [0, 0.1) is 3.57 Å². The van der Waals surface area contributed by atoms with Gasteiger partial charge in [-0.25, -0.2) is 5.84 Å². The molecule has 2 rings (SSSR count). The number of quaternary nitrogens is 1. The van der Waals surface area contributed by atoms with E-state index < -0.39 is 12.2 Å². The first kappa shape index (κ1) is 28.6. The molecular formula is C24H34ClIN3O5+. The van der Waals surface area contributed by atoms with Gasteiger partial charge >= 0.3 is 0 Å². The van der Waals surface area contributed by atoms with Gasteiger partial charge in [-0.3, -0.25) is 0 Å². The molecule has 0 aliphatic rings. The zero-order chi connectivity index (χ0) is 25.3. The van der Waals surface area contributed by atoms with Crippen LogP contribution >= 0.6 is 34.2 Å². The van der Waals surface area contributed by atoms with E-state index in [1.54, 1.807) is 0 Å². The third-order valence-corrected chi connectivity index (χ3v) is 6.65. The molecule has 0 fully saturated rings. The molecule has 0 aliphatic heterocycles. The van der Waals surface area contributed by atoms with Crippen molar-refractivity contribution in [2.45, 2.75) is 31.5 Å². The monoisotopic (exact) mass is 606 g/mol. The molecule has 0 amide bonds. The molecular weight excluding hydrogens is 573 g/mol. The number of hydrogen-bond donors (Lipinski definition) is 5. The number of rotatable bonds is 13. The Morgan fingerprint density at radius 1 is 1.12 bits per heavy atom. The lowest BCUT2D eigenvalue weighted by molar-refractivity contribution is -0.278. The fourth-order valence-corrected chi connectivity index (χ4v) is 3.99. The van der Waals surface area contributed by atoms with E-state index in [9.17, 15) is 15.3 Å². The third-order valence-electron chi connectivity index (χ3n) is 5.46. The Hall–Kier alpha value is -1.60. The summed E-state index contributed by atoms with van der Waals surface area (Å²) in [7, 11) is 0. The van der Waals surface area contributed by atoms with E-state index in [0.29, 0.717) is 17.2 Å². The van der Waals surface area contributed by atoms with Crippen LogP contribution in [0.4, 0.5) is 0 Å². The van der Waals surface area contributed by atoms with Crippen molar-refractivity contribution in [2.24, 2.45) is 5.84 Å². The second kappa shape index (κ2) is 13.5. The number of hydrogen-bond acceptors (Lipinski definition) is 7. The maximum atomic E-state index is 10.2. The molecule has 188 valence electrons. The molecule has 0 bridgehead atoms. The number of halogens is 2. The highest BCUT2D eigenvalue weighted by Crippen LogP contribution is 2.35. The fourth-order valence-electron chi connectivity index (χ4n) is 3.23. The van der Waals surface area contributed by atoms with E-state index in [-0.39, 0.29) is 37.7 Å². The van der Waals surface area contributed by atoms with Crippen molar-refractivity contribution < 1.29 is 30.5 Å². The molecule has 34 heavy (non-hydrogen) atoms. The average molecular weight is 607 g/mol. The largest absolute Gasteiger partial charge is 0.491 e. The summed E-state index contributed by atoms with van der Waals surface area (Å²) < 4.78 is 12.3. The van der Waals surface area contributed by atoms with Crippen LogP contribution in [0.25, 0.3) is 0 Å². The molecule has 0 spiro atoms. The Bertz CT molecular complexity index is 943. The zero-order valence-corrected chi connectivity index (χ0v) is 22.4. The fraction of sp³-hybridized carbons (Fsp3) is 0.417. The maximum absolute atomic E-state index is 10.2. The Labute approximate surface area is 219 Å². The summed E-state index contributed by atoms with van der Waals surface area (Å²) in [5.74, 6) is 7.28. The van der Waals surface area contributed by atoms with Crippen molar-refractivity contribution >= 4 is 34.2 Å². The Kier molecular flexibility index (Phi) is 11.4. The highest BCUT2D eigenvalue weighted by molar-refractivity contribution is 14.1. The van der Waals surface area contributed by atoms with E-state index in [1.807, 2.05) is 36.4 Å². The highest BCUT2D eigenvalue weighted by atomic mass is 127. The van der Waals surface area contributed by atoms with Gasteiger partial charge in [0, 0.05) is 5.41 Å². The van der Waals surface area contributed by atoms with E-state index >= 15 is 0 Å². The Balaban J connectivity index is 2.00. The van der Waals surface area contributed by atoms with Gasteiger partial charge in [0.2, 0.25) is 0 Å². The van der Waals surface area contributed by atoms with Crippen LogP contribution in [0.5, 0.6) is 11.5 Å². The molecule has 2 aromatic carbocycles. The van der Waals surface area contributed by atoms with E-state index in [2.05, 4.69) is 48.2 Å². The molecule has 2 aromatic rings. The van der Waals surface area contributed by atoms with Gasteiger partial charge in [0.05, 0.1) is 22.6 Å². The smallest absolute Gasteiger partial charge is 0.132 e. The highest BCUT2D eigenvalue weighted by Gasteiger charge is 2.24. The Morgan fingerprint density at radius 3 is 2.29 bits per heavy atom. The van der Waals surface area contributed by atoms with Crippen LogP contribution in [-0.2, 0) is 5.41 Å². The number of ether oxygens (including phenoxy) is 2. The molecule has 0 aliphatic carbocycles. The molecule has 8 N–H and O–H groups in total. The van der Waals surface area contributed by atoms with Gasteiger partial charge in [-0.1, -0.05) is 32.0 Å². The van der Waals surface area contributed by atoms with Crippen LogP contribution in [0.2, 0.25) is 0 Å². The number of aliphatic hydroxyl groups is 3. The molecule has 2 atom stereocenters. The van der Waals surface area contributed by atoms with Crippen LogP contribution < -0.4 is 21.1 Å². The summed E-state index contributed by atoms with van der Waals surface area (Å²) in [6.45, 7) is 4.34. The first-order valence-corrected chi connectivity index (χ1v) is 12.4. The molecule has 0 saturated heterocycles. The molecule has 2 unspecified atom stereocenters. The zero-order valence-electron chi connectivity index (χ0n) is 19.5. The van der Waals surface area contributed by atoms with Crippen molar-refractivity contribution in [3.05, 3.63) is 69.1 Å². The van der Waals surface area contributed by atoms with Crippen molar-refractivity contribution in [3.63, 3.8) is 0 Å². The van der Waals surface area contributed by atoms with Crippen LogP contribution in [0.15, 0.2) is 54.4 Å². The molecule has 0 aromatic heterocycles. The van der Waals surface area contributed by atoms with Crippen molar-refractivity contribution in [2.75, 3.05) is 32.2 Å². The number of aliphatic hydroxyl groups excluding tert-OH is 3. The predicted molar refractivity (Wildman–Crippen MR) is 140 cm³/mol. The van der Waals surface area contributed by atoms with E-state index in [0.717, 1.165) is 14.7 Å². The predicted octanol–water partition coefficient (Wildman–Crippen LogP) is 1.59. The second-order valence-electron chi connectivity index (χ2n) is 8.38. The van der Waals surface area contributed by atoms with Crippen molar-refractivity contribution in [3.8, 4) is 11.5 Å². The molecule has 8 nitrogen and oxygen atoms in total. The van der Waals surface area contributed by atoms with Crippen LogP contribution in [0.3, 0.4) is 0 Å². The van der Waals surface area contributed by atoms with Crippen LogP contribution in [0.1, 0.15) is 25.0 Å². The van der Waals surface area contributed by atoms with Crippen molar-refractivity contribution in [1.29, 1.82) is 0 Å². The minimum Gasteiger partial charge on any atom is -0.491 e. The van der Waals surface area contributed by atoms with E-state index in [4.69, 9.17) is 26.9 Å². The lowest BCUT2D eigenvalue weighted by atomic mass is 9.78. The van der Waals surface area contributed by atoms with Gasteiger partial charge in [-0.2, -0.15) is 0 Å². The molecule has 10 heteroatoms. The first-order chi connectivity index (χ1) is 16.1. The SMILES string of the molecule is CC(C)(c1ccc(OCC(O)CN(N)C(=C[NH3+])CO)cc1)c1ccc(OCC(O)CCl)c(I)c1. The van der Waals surface area contributed by atoms with Crippen LogP contribution in [-0.4, -0.2) is 64.8 Å². The summed E-state index contributed by atoms with van der Waals surface area (Å²) >= 11 is 7.85. The number of alkyl halides is 1. The number of hydrazine groups is 1. The number of benzene rings is 2. The minimum absolute atomic E-state index is 0.0599. The summed E-state index contributed by atoms with van der Waals surface area (Å²) in [6, 6.07) is 13.7. The van der Waals surface area contributed by atoms with Gasteiger partial charge in [0.25, 0.3) is 0 Å². The maximum Gasteiger partial charge on any atom is 0.132 e. The van der Waals surface area contributed by atoms with Gasteiger partial charge < -0.3 is 35.5 Å². The minimum atomic E-state index is -0.837. The lowest BCUT2D eigenvalue weighted by Gasteiger charge is -2.27. The van der Waals surface area contributed by atoms with Gasteiger partial charge in [0.15, 0.2) is 0 Å². The molecule has 0 radical (unpaired) electrons. The van der Waals surface area contributed by atoms with E-state index in [1.165, 1.54) is 11.2 Å². The summed E-state index contributed by atoms with van der Waals surface area (Å²) in [5, 5.41) is 30.3. The molecule has 0 heterocycles. The summed E-state index contributed by atoms with van der Waals surface area (Å²) in [6.07, 6.45) is -0.0917. The summed E-state index contributed by atoms with van der Waals surface area (Å²) in [5.41, 5.74) is 5.95. The normalized spacial score (nSPS) is 14.0. The lowest BCUT2D eigenvalue weighted by Crippen LogP contribution is -2.46. The number of nitrogens with two attached hydrogens (primary N) is 1. The second-order valence-corrected chi connectivity index (χ2v) is 9.86. The quantitative estimate of drug-likeness (QED) is 0.101. The van der Waals surface area contributed by atoms with Gasteiger partial charge in [-0.05, 0) is 58.0 Å². The topological polar surface area (TPSA) is 136 Å². The average Bonchev–Trinajstić information content (AvgIpc) is 2.82. The Morgan fingerprint density at radius 2 is 1.74 bits per heavy atom. The van der Waals surface area contributed by atoms with Gasteiger partial charge in [-0.15, -0.1) is 11.6 Å². The number of nitrogens with zero attached hydrogens (tertiary/aromatic N) is 1. The van der Waals surface area contributed by atoms with Gasteiger partial charge in [0.1, 0.15) is 48.8 Å². The van der Waals surface area contributed by atoms with Crippen molar-refractivity contribution in [1.82, 2.24) is 5.01 Å². The third kappa shape index (κ3) is 7.98. The molecule has 0 saturated carbocycles. The summed E-state index contributed by atoms with van der Waals surface area (Å²) in [4.78, 5) is 0. The standard InChI is InChI=1S/C24H33ClIN3O5/c1-24(2,17-5-8-23(22(26)9-17)34-14-19(31)10-25)16-3-6-21(7-4-16)33-15-20(32)12-29(28)18(11-27)13-30/h3-9,11,19-20,30-32H,10,12-15,27-28H2,1-2H3/p+1.